The SMILES string of the molecule is CCCCCCC(N)c1cc(Br)cc(Br)c1N.Cl. The third-order valence-electron chi connectivity index (χ3n) is 2.89. The first-order chi connectivity index (χ1) is 8.06. The zero-order chi connectivity index (χ0) is 12.8. The first-order valence-corrected chi connectivity index (χ1v) is 7.64. The molecule has 1 aromatic carbocycles. The summed E-state index contributed by atoms with van der Waals surface area (Å²) in [6.45, 7) is 2.21. The van der Waals surface area contributed by atoms with Crippen molar-refractivity contribution in [2.75, 3.05) is 5.73 Å². The van der Waals surface area contributed by atoms with Gasteiger partial charge in [-0.3, -0.25) is 0 Å². The van der Waals surface area contributed by atoms with Gasteiger partial charge in [-0.2, -0.15) is 0 Å². The van der Waals surface area contributed by atoms with Crippen LogP contribution in [0.5, 0.6) is 0 Å². The Hall–Kier alpha value is 0.230. The highest BCUT2D eigenvalue weighted by Gasteiger charge is 2.12. The van der Waals surface area contributed by atoms with Crippen LogP contribution in [0.1, 0.15) is 50.6 Å². The van der Waals surface area contributed by atoms with Gasteiger partial charge in [-0.25, -0.2) is 0 Å². The van der Waals surface area contributed by atoms with Gasteiger partial charge in [0, 0.05) is 15.0 Å². The van der Waals surface area contributed by atoms with E-state index in [9.17, 15) is 0 Å². The van der Waals surface area contributed by atoms with E-state index in [0.717, 1.165) is 26.6 Å². The molecular formula is C13H21Br2ClN2. The topological polar surface area (TPSA) is 52.0 Å². The van der Waals surface area contributed by atoms with Gasteiger partial charge in [-0.15, -0.1) is 12.4 Å². The van der Waals surface area contributed by atoms with Crippen LogP contribution in [-0.4, -0.2) is 0 Å². The summed E-state index contributed by atoms with van der Waals surface area (Å²) >= 11 is 6.92. The maximum Gasteiger partial charge on any atom is 0.0507 e. The molecule has 0 saturated heterocycles. The van der Waals surface area contributed by atoms with Gasteiger partial charge in [0.25, 0.3) is 0 Å². The van der Waals surface area contributed by atoms with Crippen molar-refractivity contribution in [2.24, 2.45) is 5.73 Å². The number of halogens is 3. The molecule has 1 aromatic rings. The highest BCUT2D eigenvalue weighted by atomic mass is 79.9. The van der Waals surface area contributed by atoms with Crippen molar-refractivity contribution in [3.05, 3.63) is 26.6 Å². The van der Waals surface area contributed by atoms with Gasteiger partial charge in [-0.1, -0.05) is 48.5 Å². The van der Waals surface area contributed by atoms with Gasteiger partial charge < -0.3 is 11.5 Å². The Bertz CT molecular complexity index is 372. The molecule has 0 radical (unpaired) electrons. The van der Waals surface area contributed by atoms with E-state index in [-0.39, 0.29) is 18.4 Å². The lowest BCUT2D eigenvalue weighted by atomic mass is 9.99. The molecule has 0 saturated carbocycles. The van der Waals surface area contributed by atoms with Crippen LogP contribution in [0.2, 0.25) is 0 Å². The van der Waals surface area contributed by atoms with Crippen molar-refractivity contribution < 1.29 is 0 Å². The maximum absolute atomic E-state index is 6.19. The molecule has 0 fully saturated rings. The lowest BCUT2D eigenvalue weighted by Gasteiger charge is -2.16. The monoisotopic (exact) mass is 398 g/mol. The van der Waals surface area contributed by atoms with Crippen LogP contribution in [0, 0.1) is 0 Å². The number of hydrogen-bond donors (Lipinski definition) is 2. The summed E-state index contributed by atoms with van der Waals surface area (Å²) in [5, 5.41) is 0. The predicted octanol–water partition coefficient (Wildman–Crippen LogP) is 5.19. The number of nitrogen functional groups attached to an aromatic ring is 1. The number of benzene rings is 1. The summed E-state index contributed by atoms with van der Waals surface area (Å²) in [6, 6.07) is 3.99. The average Bonchev–Trinajstić information content (AvgIpc) is 2.29. The fourth-order valence-electron chi connectivity index (χ4n) is 1.86. The molecule has 18 heavy (non-hydrogen) atoms. The van der Waals surface area contributed by atoms with Crippen molar-refractivity contribution in [1.29, 1.82) is 0 Å². The van der Waals surface area contributed by atoms with Crippen LogP contribution in [0.4, 0.5) is 5.69 Å². The first kappa shape index (κ1) is 18.2. The normalized spacial score (nSPS) is 12.0. The van der Waals surface area contributed by atoms with Crippen molar-refractivity contribution in [3.8, 4) is 0 Å². The maximum atomic E-state index is 6.19. The summed E-state index contributed by atoms with van der Waals surface area (Å²) in [4.78, 5) is 0. The Balaban J connectivity index is 0.00000289. The number of rotatable bonds is 6. The molecule has 0 amide bonds. The first-order valence-electron chi connectivity index (χ1n) is 6.06. The Morgan fingerprint density at radius 3 is 2.44 bits per heavy atom. The Morgan fingerprint density at radius 2 is 1.83 bits per heavy atom. The molecule has 1 atom stereocenters. The molecule has 0 aliphatic rings. The number of unbranched alkanes of at least 4 members (excludes halogenated alkanes) is 3. The van der Waals surface area contributed by atoms with Crippen LogP contribution in [0.25, 0.3) is 0 Å². The summed E-state index contributed by atoms with van der Waals surface area (Å²) in [6.07, 6.45) is 5.94. The second-order valence-electron chi connectivity index (χ2n) is 4.35. The minimum absolute atomic E-state index is 0. The van der Waals surface area contributed by atoms with Gasteiger partial charge in [0.2, 0.25) is 0 Å². The number of anilines is 1. The van der Waals surface area contributed by atoms with E-state index in [1.165, 1.54) is 25.7 Å². The van der Waals surface area contributed by atoms with E-state index in [2.05, 4.69) is 38.8 Å². The fourth-order valence-corrected chi connectivity index (χ4v) is 3.12. The smallest absolute Gasteiger partial charge is 0.0507 e. The quantitative estimate of drug-likeness (QED) is 0.510. The molecule has 0 bridgehead atoms. The summed E-state index contributed by atoms with van der Waals surface area (Å²) in [5.41, 5.74) is 14.0. The standard InChI is InChI=1S/C13H20Br2N2.ClH/c1-2-3-4-5-6-12(16)10-7-9(14)8-11(15)13(10)17;/h7-8,12H,2-6,16-17H2,1H3;1H. The van der Waals surface area contributed by atoms with E-state index in [1.54, 1.807) is 0 Å². The molecule has 5 heteroatoms. The molecule has 1 unspecified atom stereocenters. The summed E-state index contributed by atoms with van der Waals surface area (Å²) < 4.78 is 1.92. The van der Waals surface area contributed by atoms with E-state index in [0.29, 0.717) is 0 Å². The highest BCUT2D eigenvalue weighted by Crippen LogP contribution is 2.32. The molecule has 1 rings (SSSR count). The lowest BCUT2D eigenvalue weighted by Crippen LogP contribution is -2.12. The van der Waals surface area contributed by atoms with E-state index < -0.39 is 0 Å². The van der Waals surface area contributed by atoms with Crippen molar-refractivity contribution in [1.82, 2.24) is 0 Å². The summed E-state index contributed by atoms with van der Waals surface area (Å²) in [7, 11) is 0. The van der Waals surface area contributed by atoms with Crippen LogP contribution >= 0.6 is 44.3 Å². The second-order valence-corrected chi connectivity index (χ2v) is 6.12. The highest BCUT2D eigenvalue weighted by molar-refractivity contribution is 9.11. The van der Waals surface area contributed by atoms with Crippen LogP contribution < -0.4 is 11.5 Å². The molecule has 104 valence electrons. The third kappa shape index (κ3) is 5.47. The van der Waals surface area contributed by atoms with Gasteiger partial charge in [-0.05, 0) is 40.0 Å². The van der Waals surface area contributed by atoms with Gasteiger partial charge in [0.15, 0.2) is 0 Å². The average molecular weight is 401 g/mol. The van der Waals surface area contributed by atoms with Gasteiger partial charge in [0.05, 0.1) is 5.69 Å². The van der Waals surface area contributed by atoms with Crippen molar-refractivity contribution in [2.45, 2.75) is 45.1 Å². The van der Waals surface area contributed by atoms with Crippen molar-refractivity contribution >= 4 is 50.0 Å². The predicted molar refractivity (Wildman–Crippen MR) is 89.2 cm³/mol. The van der Waals surface area contributed by atoms with E-state index >= 15 is 0 Å². The molecule has 0 spiro atoms. The van der Waals surface area contributed by atoms with Crippen LogP contribution in [-0.2, 0) is 0 Å². The number of nitrogens with two attached hydrogens (primary N) is 2. The Kier molecular flexibility index (Phi) is 9.30. The molecule has 0 aromatic heterocycles. The Labute approximate surface area is 133 Å². The third-order valence-corrected chi connectivity index (χ3v) is 4.01. The molecule has 0 aliphatic carbocycles. The summed E-state index contributed by atoms with van der Waals surface area (Å²) in [5.74, 6) is 0. The van der Waals surface area contributed by atoms with E-state index in [1.807, 2.05) is 12.1 Å². The molecule has 2 nitrogen and oxygen atoms in total. The molecule has 0 heterocycles. The van der Waals surface area contributed by atoms with Crippen LogP contribution in [0.15, 0.2) is 21.1 Å². The minimum Gasteiger partial charge on any atom is -0.398 e. The van der Waals surface area contributed by atoms with Crippen LogP contribution in [0.3, 0.4) is 0 Å². The minimum atomic E-state index is 0. The Morgan fingerprint density at radius 1 is 1.17 bits per heavy atom. The largest absolute Gasteiger partial charge is 0.398 e. The van der Waals surface area contributed by atoms with E-state index in [4.69, 9.17) is 11.5 Å². The molecule has 0 aliphatic heterocycles. The number of hydrogen-bond acceptors (Lipinski definition) is 2. The lowest BCUT2D eigenvalue weighted by molar-refractivity contribution is 0.567. The second kappa shape index (κ2) is 9.18. The van der Waals surface area contributed by atoms with Crippen molar-refractivity contribution in [3.63, 3.8) is 0 Å². The zero-order valence-corrected chi connectivity index (χ0v) is 14.6. The fraction of sp³-hybridized carbons (Fsp3) is 0.538. The zero-order valence-electron chi connectivity index (χ0n) is 10.6. The molecule has 4 N–H and O–H groups in total. The molecular weight excluding hydrogens is 379 g/mol. The van der Waals surface area contributed by atoms with Gasteiger partial charge in [0.1, 0.15) is 0 Å². The van der Waals surface area contributed by atoms with Gasteiger partial charge >= 0.3 is 0 Å².